The third-order valence-electron chi connectivity index (χ3n) is 3.46. The summed E-state index contributed by atoms with van der Waals surface area (Å²) < 4.78 is 5.24. The number of carbonyl (C=O) groups excluding carboxylic acids is 2. The number of amides is 2. The van der Waals surface area contributed by atoms with Gasteiger partial charge in [0.15, 0.2) is 0 Å². The van der Waals surface area contributed by atoms with Crippen LogP contribution in [0.1, 0.15) is 43.1 Å². The largest absolute Gasteiger partial charge is 0.444 e. The second-order valence-electron chi connectivity index (χ2n) is 6.75. The van der Waals surface area contributed by atoms with Crippen LogP contribution in [0, 0.1) is 6.92 Å². The Bertz CT molecular complexity index is 563. The van der Waals surface area contributed by atoms with Gasteiger partial charge in [0.05, 0.1) is 6.04 Å². The topological polar surface area (TPSA) is 58.6 Å². The summed E-state index contributed by atoms with van der Waals surface area (Å²) in [5.41, 5.74) is 1.24. The van der Waals surface area contributed by atoms with Crippen molar-refractivity contribution in [3.63, 3.8) is 0 Å². The number of likely N-dealkylation sites (tertiary alicyclic amines) is 1. The van der Waals surface area contributed by atoms with E-state index in [0.29, 0.717) is 18.7 Å². The SMILES string of the molecule is Cc1cccc(C(=O)N2CCC(NC(=O)OC(C)(C)C)C2)c1. The van der Waals surface area contributed by atoms with Gasteiger partial charge >= 0.3 is 6.09 Å². The fraction of sp³-hybridized carbons (Fsp3) is 0.529. The summed E-state index contributed by atoms with van der Waals surface area (Å²) >= 11 is 0. The van der Waals surface area contributed by atoms with Gasteiger partial charge in [0.2, 0.25) is 0 Å². The molecule has 22 heavy (non-hydrogen) atoms. The van der Waals surface area contributed by atoms with Crippen molar-refractivity contribution in [1.29, 1.82) is 0 Å². The number of aryl methyl sites for hydroxylation is 1. The van der Waals surface area contributed by atoms with E-state index < -0.39 is 11.7 Å². The third-order valence-corrected chi connectivity index (χ3v) is 3.46. The van der Waals surface area contributed by atoms with Gasteiger partial charge in [0.25, 0.3) is 5.91 Å². The van der Waals surface area contributed by atoms with Crippen molar-refractivity contribution >= 4 is 12.0 Å². The predicted octanol–water partition coefficient (Wildman–Crippen LogP) is 2.73. The first kappa shape index (κ1) is 16.3. The Morgan fingerprint density at radius 1 is 1.32 bits per heavy atom. The van der Waals surface area contributed by atoms with Crippen molar-refractivity contribution < 1.29 is 14.3 Å². The molecule has 1 aromatic rings. The standard InChI is InChI=1S/C17H24N2O3/c1-12-6-5-7-13(10-12)15(20)19-9-8-14(11-19)18-16(21)22-17(2,3)4/h5-7,10,14H,8-9,11H2,1-4H3,(H,18,21). The van der Waals surface area contributed by atoms with E-state index in [2.05, 4.69) is 5.32 Å². The van der Waals surface area contributed by atoms with Crippen LogP contribution in [0.15, 0.2) is 24.3 Å². The molecule has 1 aliphatic rings. The zero-order chi connectivity index (χ0) is 16.3. The molecule has 0 radical (unpaired) electrons. The first-order valence-electron chi connectivity index (χ1n) is 7.60. The quantitative estimate of drug-likeness (QED) is 0.914. The van der Waals surface area contributed by atoms with Crippen molar-refractivity contribution in [2.75, 3.05) is 13.1 Å². The van der Waals surface area contributed by atoms with Gasteiger partial charge in [-0.05, 0) is 46.2 Å². The monoisotopic (exact) mass is 304 g/mol. The van der Waals surface area contributed by atoms with Crippen LogP contribution in [0.25, 0.3) is 0 Å². The highest BCUT2D eigenvalue weighted by Gasteiger charge is 2.29. The Hall–Kier alpha value is -2.04. The van der Waals surface area contributed by atoms with Gasteiger partial charge in [-0.2, -0.15) is 0 Å². The van der Waals surface area contributed by atoms with Crippen LogP contribution in [0.2, 0.25) is 0 Å². The van der Waals surface area contributed by atoms with E-state index in [0.717, 1.165) is 12.0 Å². The van der Waals surface area contributed by atoms with Crippen LogP contribution in [0.3, 0.4) is 0 Å². The lowest BCUT2D eigenvalue weighted by Crippen LogP contribution is -2.41. The summed E-state index contributed by atoms with van der Waals surface area (Å²) in [6.07, 6.45) is 0.318. The average Bonchev–Trinajstić information content (AvgIpc) is 2.84. The second-order valence-corrected chi connectivity index (χ2v) is 6.75. The first-order chi connectivity index (χ1) is 10.2. The molecular weight excluding hydrogens is 280 g/mol. The fourth-order valence-corrected chi connectivity index (χ4v) is 2.50. The van der Waals surface area contributed by atoms with Crippen molar-refractivity contribution in [3.8, 4) is 0 Å². The number of ether oxygens (including phenoxy) is 1. The summed E-state index contributed by atoms with van der Waals surface area (Å²) in [6, 6.07) is 7.51. The summed E-state index contributed by atoms with van der Waals surface area (Å²) in [5, 5.41) is 2.83. The number of hydrogen-bond donors (Lipinski definition) is 1. The zero-order valence-electron chi connectivity index (χ0n) is 13.7. The molecule has 5 heteroatoms. The van der Waals surface area contributed by atoms with Gasteiger partial charge in [-0.15, -0.1) is 0 Å². The number of rotatable bonds is 2. The van der Waals surface area contributed by atoms with Crippen LogP contribution in [0.5, 0.6) is 0 Å². The minimum atomic E-state index is -0.514. The molecule has 0 spiro atoms. The van der Waals surface area contributed by atoms with Crippen LogP contribution in [-0.4, -0.2) is 41.6 Å². The third kappa shape index (κ3) is 4.48. The molecule has 120 valence electrons. The summed E-state index contributed by atoms with van der Waals surface area (Å²) in [4.78, 5) is 26.0. The minimum Gasteiger partial charge on any atom is -0.444 e. The van der Waals surface area contributed by atoms with Gasteiger partial charge in [0.1, 0.15) is 5.60 Å². The maximum atomic E-state index is 12.4. The van der Waals surface area contributed by atoms with Gasteiger partial charge < -0.3 is 15.0 Å². The van der Waals surface area contributed by atoms with Gasteiger partial charge in [-0.3, -0.25) is 4.79 Å². The van der Waals surface area contributed by atoms with E-state index in [1.807, 2.05) is 52.0 Å². The Labute approximate surface area is 131 Å². The van der Waals surface area contributed by atoms with Gasteiger partial charge in [-0.1, -0.05) is 17.7 Å². The number of hydrogen-bond acceptors (Lipinski definition) is 3. The van der Waals surface area contributed by atoms with Crippen molar-refractivity contribution in [3.05, 3.63) is 35.4 Å². The van der Waals surface area contributed by atoms with E-state index in [9.17, 15) is 9.59 Å². The molecule has 0 bridgehead atoms. The minimum absolute atomic E-state index is 0.0113. The molecule has 1 aromatic carbocycles. The molecule has 1 heterocycles. The molecule has 0 aliphatic carbocycles. The highest BCUT2D eigenvalue weighted by atomic mass is 16.6. The lowest BCUT2D eigenvalue weighted by Gasteiger charge is -2.22. The lowest BCUT2D eigenvalue weighted by molar-refractivity contribution is 0.0502. The molecule has 2 rings (SSSR count). The number of nitrogens with one attached hydrogen (secondary N) is 1. The number of benzene rings is 1. The number of alkyl carbamates (subject to hydrolysis) is 1. The average molecular weight is 304 g/mol. The Balaban J connectivity index is 1.90. The summed E-state index contributed by atoms with van der Waals surface area (Å²) in [6.45, 7) is 8.62. The predicted molar refractivity (Wildman–Crippen MR) is 84.9 cm³/mol. The lowest BCUT2D eigenvalue weighted by atomic mass is 10.1. The molecule has 1 fully saturated rings. The smallest absolute Gasteiger partial charge is 0.407 e. The number of nitrogens with zero attached hydrogens (tertiary/aromatic N) is 1. The molecule has 1 aliphatic heterocycles. The second kappa shape index (κ2) is 6.38. The Morgan fingerprint density at radius 2 is 2.05 bits per heavy atom. The molecule has 2 amide bonds. The van der Waals surface area contributed by atoms with Crippen LogP contribution in [0.4, 0.5) is 4.79 Å². The zero-order valence-corrected chi connectivity index (χ0v) is 13.7. The summed E-state index contributed by atoms with van der Waals surface area (Å²) in [7, 11) is 0. The Kier molecular flexibility index (Phi) is 4.74. The molecule has 0 aromatic heterocycles. The van der Waals surface area contributed by atoms with Crippen molar-refractivity contribution in [1.82, 2.24) is 10.2 Å². The van der Waals surface area contributed by atoms with Crippen molar-refractivity contribution in [2.24, 2.45) is 0 Å². The van der Waals surface area contributed by atoms with E-state index in [-0.39, 0.29) is 11.9 Å². The molecule has 1 saturated heterocycles. The number of carbonyl (C=O) groups is 2. The molecule has 1 atom stereocenters. The normalized spacial score (nSPS) is 18.2. The molecule has 1 unspecified atom stereocenters. The molecular formula is C17H24N2O3. The highest BCUT2D eigenvalue weighted by Crippen LogP contribution is 2.15. The van der Waals surface area contributed by atoms with Gasteiger partial charge in [0, 0.05) is 18.7 Å². The van der Waals surface area contributed by atoms with Crippen molar-refractivity contribution in [2.45, 2.75) is 45.8 Å². The van der Waals surface area contributed by atoms with Crippen LogP contribution in [-0.2, 0) is 4.74 Å². The maximum absolute atomic E-state index is 12.4. The van der Waals surface area contributed by atoms with E-state index in [4.69, 9.17) is 4.74 Å². The molecule has 0 saturated carbocycles. The van der Waals surface area contributed by atoms with E-state index in [1.165, 1.54) is 0 Å². The highest BCUT2D eigenvalue weighted by molar-refractivity contribution is 5.94. The maximum Gasteiger partial charge on any atom is 0.407 e. The Morgan fingerprint density at radius 3 is 2.68 bits per heavy atom. The summed E-state index contributed by atoms with van der Waals surface area (Å²) in [5.74, 6) is 0.0113. The van der Waals surface area contributed by atoms with E-state index >= 15 is 0 Å². The van der Waals surface area contributed by atoms with E-state index in [1.54, 1.807) is 4.90 Å². The molecule has 1 N–H and O–H groups in total. The van der Waals surface area contributed by atoms with Gasteiger partial charge in [-0.25, -0.2) is 4.79 Å². The molecule has 5 nitrogen and oxygen atoms in total. The first-order valence-corrected chi connectivity index (χ1v) is 7.60. The fourth-order valence-electron chi connectivity index (χ4n) is 2.50. The van der Waals surface area contributed by atoms with Crippen LogP contribution < -0.4 is 5.32 Å². The van der Waals surface area contributed by atoms with Crippen LogP contribution >= 0.6 is 0 Å².